The van der Waals surface area contributed by atoms with Crippen LogP contribution in [0.2, 0.25) is 0 Å². The number of nitrogens with one attached hydrogen (secondary N) is 1. The van der Waals surface area contributed by atoms with E-state index in [1.807, 2.05) is 6.92 Å². The molecule has 1 fully saturated rings. The first kappa shape index (κ1) is 15.8. The highest BCUT2D eigenvalue weighted by Crippen LogP contribution is 2.38. The van der Waals surface area contributed by atoms with Crippen molar-refractivity contribution >= 4 is 11.7 Å². The number of carbonyl (C=O) groups excluding carboxylic acids is 1. The van der Waals surface area contributed by atoms with Crippen molar-refractivity contribution in [1.82, 2.24) is 5.32 Å². The number of rotatable bonds is 7. The molecular weight excluding hydrogens is 242 g/mol. The number of amides is 1. The van der Waals surface area contributed by atoms with Crippen molar-refractivity contribution in [3.05, 3.63) is 0 Å². The highest BCUT2D eigenvalue weighted by Gasteiger charge is 2.45. The Morgan fingerprint density at radius 3 is 2.58 bits per heavy atom. The smallest absolute Gasteiger partial charge is 0.234 e. The van der Waals surface area contributed by atoms with Gasteiger partial charge in [0.2, 0.25) is 5.91 Å². The summed E-state index contributed by atoms with van der Waals surface area (Å²) >= 11 is 0. The highest BCUT2D eigenvalue weighted by molar-refractivity contribution is 6.07. The Morgan fingerprint density at radius 1 is 1.42 bits per heavy atom. The summed E-state index contributed by atoms with van der Waals surface area (Å²) in [6, 6.07) is 0.142. The van der Waals surface area contributed by atoms with Gasteiger partial charge in [0.1, 0.15) is 5.41 Å². The van der Waals surface area contributed by atoms with E-state index < -0.39 is 5.41 Å². The highest BCUT2D eigenvalue weighted by atomic mass is 16.4. The molecule has 0 saturated heterocycles. The third-order valence-corrected chi connectivity index (χ3v) is 4.11. The summed E-state index contributed by atoms with van der Waals surface area (Å²) in [4.78, 5) is 12.4. The number of unbranched alkanes of at least 4 members (excludes halogenated alkanes) is 2. The fraction of sp³-hybridized carbons (Fsp3) is 0.857. The third-order valence-electron chi connectivity index (χ3n) is 4.11. The lowest BCUT2D eigenvalue weighted by atomic mass is 9.83. The van der Waals surface area contributed by atoms with Crippen molar-refractivity contribution in [2.75, 3.05) is 0 Å². The number of oxime groups is 1. The Hall–Kier alpha value is -1.26. The molecule has 1 rings (SSSR count). The van der Waals surface area contributed by atoms with Gasteiger partial charge < -0.3 is 16.3 Å². The normalized spacial score (nSPS) is 20.2. The van der Waals surface area contributed by atoms with Crippen molar-refractivity contribution < 1.29 is 10.0 Å². The van der Waals surface area contributed by atoms with E-state index in [9.17, 15) is 4.79 Å². The molecule has 110 valence electrons. The molecule has 4 N–H and O–H groups in total. The molecule has 0 aliphatic heterocycles. The number of hydrogen-bond acceptors (Lipinski definition) is 3. The minimum absolute atomic E-state index is 0.0586. The molecule has 19 heavy (non-hydrogen) atoms. The first-order chi connectivity index (χ1) is 9.06. The van der Waals surface area contributed by atoms with Gasteiger partial charge in [-0.3, -0.25) is 4.79 Å². The van der Waals surface area contributed by atoms with Crippen molar-refractivity contribution in [3.63, 3.8) is 0 Å². The molecule has 0 radical (unpaired) electrons. The molecule has 0 aromatic rings. The summed E-state index contributed by atoms with van der Waals surface area (Å²) < 4.78 is 0. The molecule has 0 bridgehead atoms. The van der Waals surface area contributed by atoms with Crippen LogP contribution in [0.3, 0.4) is 0 Å². The van der Waals surface area contributed by atoms with E-state index in [1.165, 1.54) is 12.8 Å². The molecule has 1 atom stereocenters. The summed E-state index contributed by atoms with van der Waals surface area (Å²) in [6.45, 7) is 4.18. The summed E-state index contributed by atoms with van der Waals surface area (Å²) in [7, 11) is 0. The second-order valence-corrected chi connectivity index (χ2v) is 5.64. The Morgan fingerprint density at radius 2 is 2.05 bits per heavy atom. The molecule has 1 amide bonds. The SMILES string of the molecule is CCCCCC(C)NC(=O)C1(C(N)=NO)CCCC1. The summed E-state index contributed by atoms with van der Waals surface area (Å²) in [6.07, 6.45) is 7.72. The molecule has 1 saturated carbocycles. The van der Waals surface area contributed by atoms with Crippen LogP contribution in [-0.4, -0.2) is 23.0 Å². The maximum atomic E-state index is 12.4. The zero-order valence-corrected chi connectivity index (χ0v) is 12.1. The van der Waals surface area contributed by atoms with E-state index in [2.05, 4.69) is 17.4 Å². The zero-order chi connectivity index (χ0) is 14.3. The van der Waals surface area contributed by atoms with Crippen LogP contribution in [0.25, 0.3) is 0 Å². The lowest BCUT2D eigenvalue weighted by Gasteiger charge is -2.28. The van der Waals surface area contributed by atoms with Crippen LogP contribution in [0.5, 0.6) is 0 Å². The van der Waals surface area contributed by atoms with Crippen LogP contribution in [0.4, 0.5) is 0 Å². The van der Waals surface area contributed by atoms with Crippen molar-refractivity contribution in [1.29, 1.82) is 0 Å². The van der Waals surface area contributed by atoms with Gasteiger partial charge in [-0.05, 0) is 26.2 Å². The molecule has 0 heterocycles. The Kier molecular flexibility index (Phi) is 6.12. The van der Waals surface area contributed by atoms with Crippen molar-refractivity contribution in [2.45, 2.75) is 71.3 Å². The fourth-order valence-corrected chi connectivity index (χ4v) is 2.81. The second kappa shape index (κ2) is 7.36. The van der Waals surface area contributed by atoms with Crippen LogP contribution in [0.15, 0.2) is 5.16 Å². The molecule has 1 aliphatic carbocycles. The van der Waals surface area contributed by atoms with Gasteiger partial charge in [0.25, 0.3) is 0 Å². The number of hydrogen-bond donors (Lipinski definition) is 3. The van der Waals surface area contributed by atoms with Gasteiger partial charge in [-0.25, -0.2) is 0 Å². The predicted octanol–water partition coefficient (Wildman–Crippen LogP) is 2.38. The summed E-state index contributed by atoms with van der Waals surface area (Å²) in [5.74, 6) is -0.0208. The van der Waals surface area contributed by atoms with Crippen LogP contribution >= 0.6 is 0 Å². The van der Waals surface area contributed by atoms with Crippen molar-refractivity contribution in [2.24, 2.45) is 16.3 Å². The quantitative estimate of drug-likeness (QED) is 0.218. The molecule has 0 spiro atoms. The van der Waals surface area contributed by atoms with E-state index in [0.717, 1.165) is 25.7 Å². The summed E-state index contributed by atoms with van der Waals surface area (Å²) in [5, 5.41) is 15.0. The molecule has 0 aromatic carbocycles. The minimum atomic E-state index is -0.784. The monoisotopic (exact) mass is 269 g/mol. The number of nitrogens with two attached hydrogens (primary N) is 1. The van der Waals surface area contributed by atoms with Gasteiger partial charge >= 0.3 is 0 Å². The Balaban J connectivity index is 2.59. The predicted molar refractivity (Wildman–Crippen MR) is 76.1 cm³/mol. The largest absolute Gasteiger partial charge is 0.409 e. The van der Waals surface area contributed by atoms with Crippen molar-refractivity contribution in [3.8, 4) is 0 Å². The molecule has 1 unspecified atom stereocenters. The molecule has 5 heteroatoms. The van der Waals surface area contributed by atoms with E-state index in [4.69, 9.17) is 10.9 Å². The van der Waals surface area contributed by atoms with Gasteiger partial charge in [-0.2, -0.15) is 0 Å². The number of amidine groups is 1. The van der Waals surface area contributed by atoms with E-state index in [0.29, 0.717) is 12.8 Å². The van der Waals surface area contributed by atoms with Gasteiger partial charge in [0.05, 0.1) is 0 Å². The van der Waals surface area contributed by atoms with Crippen LogP contribution in [-0.2, 0) is 4.79 Å². The molecule has 1 aliphatic rings. The lowest BCUT2D eigenvalue weighted by molar-refractivity contribution is -0.128. The van der Waals surface area contributed by atoms with Gasteiger partial charge in [-0.15, -0.1) is 0 Å². The maximum absolute atomic E-state index is 12.4. The Bertz CT molecular complexity index is 323. The minimum Gasteiger partial charge on any atom is -0.409 e. The number of nitrogens with zero attached hydrogens (tertiary/aromatic N) is 1. The van der Waals surface area contributed by atoms with Crippen LogP contribution in [0.1, 0.15) is 65.2 Å². The Labute approximate surface area is 115 Å². The molecule has 0 aromatic heterocycles. The third kappa shape index (κ3) is 3.85. The van der Waals surface area contributed by atoms with E-state index >= 15 is 0 Å². The fourth-order valence-electron chi connectivity index (χ4n) is 2.81. The van der Waals surface area contributed by atoms with Gasteiger partial charge in [0.15, 0.2) is 5.84 Å². The number of carbonyl (C=O) groups is 1. The topological polar surface area (TPSA) is 87.7 Å². The van der Waals surface area contributed by atoms with Crippen LogP contribution in [0, 0.1) is 5.41 Å². The van der Waals surface area contributed by atoms with E-state index in [1.54, 1.807) is 0 Å². The average molecular weight is 269 g/mol. The average Bonchev–Trinajstić information content (AvgIpc) is 2.88. The van der Waals surface area contributed by atoms with E-state index in [-0.39, 0.29) is 17.8 Å². The van der Waals surface area contributed by atoms with Gasteiger partial charge in [0, 0.05) is 6.04 Å². The molecular formula is C14H27N3O2. The van der Waals surface area contributed by atoms with Gasteiger partial charge in [-0.1, -0.05) is 44.2 Å². The second-order valence-electron chi connectivity index (χ2n) is 5.64. The first-order valence-corrected chi connectivity index (χ1v) is 7.35. The first-order valence-electron chi connectivity index (χ1n) is 7.35. The maximum Gasteiger partial charge on any atom is 0.234 e. The summed E-state index contributed by atoms with van der Waals surface area (Å²) in [5.41, 5.74) is 4.97. The lowest BCUT2D eigenvalue weighted by Crippen LogP contribution is -2.50. The standard InChI is InChI=1S/C14H27N3O2/c1-3-4-5-8-11(2)16-13(18)14(12(15)17-19)9-6-7-10-14/h11,19H,3-10H2,1-2H3,(H2,15,17)(H,16,18). The zero-order valence-electron chi connectivity index (χ0n) is 12.1. The molecule has 5 nitrogen and oxygen atoms in total. The van der Waals surface area contributed by atoms with Crippen LogP contribution < -0.4 is 11.1 Å².